The number of rotatable bonds is 9. The van der Waals surface area contributed by atoms with Gasteiger partial charge >= 0.3 is 0 Å². The molecule has 7 nitrogen and oxygen atoms in total. The quantitative estimate of drug-likeness (QED) is 0.424. The molecule has 0 aliphatic heterocycles. The number of aromatic nitrogens is 1. The number of nitrogens with one attached hydrogen (secondary N) is 1. The highest BCUT2D eigenvalue weighted by Crippen LogP contribution is 2.16. The van der Waals surface area contributed by atoms with Crippen molar-refractivity contribution in [1.82, 2.24) is 14.7 Å². The third kappa shape index (κ3) is 6.07. The van der Waals surface area contributed by atoms with E-state index in [9.17, 15) is 13.2 Å². The van der Waals surface area contributed by atoms with Gasteiger partial charge < -0.3 is 0 Å². The summed E-state index contributed by atoms with van der Waals surface area (Å²) in [5.41, 5.74) is 4.08. The predicted octanol–water partition coefficient (Wildman–Crippen LogP) is 2.47. The zero-order valence-electron chi connectivity index (χ0n) is 16.3. The fraction of sp³-hybridized carbons (Fsp3) is 0.136. The van der Waals surface area contributed by atoms with Gasteiger partial charge in [0.1, 0.15) is 0 Å². The van der Waals surface area contributed by atoms with E-state index in [0.717, 1.165) is 11.1 Å². The molecule has 0 unspecified atom stereocenters. The van der Waals surface area contributed by atoms with Gasteiger partial charge in [-0.1, -0.05) is 54.6 Å². The van der Waals surface area contributed by atoms with Crippen LogP contribution < -0.4 is 5.43 Å². The summed E-state index contributed by atoms with van der Waals surface area (Å²) in [5, 5.41) is 3.88. The molecule has 3 aromatic rings. The Morgan fingerprint density at radius 1 is 1.00 bits per heavy atom. The third-order valence-corrected chi connectivity index (χ3v) is 6.14. The molecule has 0 spiro atoms. The van der Waals surface area contributed by atoms with E-state index in [1.807, 2.05) is 30.3 Å². The van der Waals surface area contributed by atoms with Crippen molar-refractivity contribution in [2.24, 2.45) is 5.10 Å². The molecule has 1 N–H and O–H groups in total. The molecular weight excluding hydrogens is 400 g/mol. The molecule has 0 atom stereocenters. The standard InChI is InChI=1S/C22H22N4O3S/c27-22(25-24-17-20-10-7-14-23-16-20)18-26(15-13-19-8-3-1-4-9-19)30(28,29)21-11-5-2-6-12-21/h1-12,14,16-17H,13,15,18H2,(H,25,27)/b24-17+. The van der Waals surface area contributed by atoms with Gasteiger partial charge in [-0.3, -0.25) is 9.78 Å². The lowest BCUT2D eigenvalue weighted by atomic mass is 10.1. The Morgan fingerprint density at radius 2 is 1.70 bits per heavy atom. The number of pyridine rings is 1. The summed E-state index contributed by atoms with van der Waals surface area (Å²) in [6.45, 7) is -0.171. The number of hydrazone groups is 1. The Kier molecular flexibility index (Phi) is 7.42. The fourth-order valence-corrected chi connectivity index (χ4v) is 4.17. The van der Waals surface area contributed by atoms with Crippen molar-refractivity contribution < 1.29 is 13.2 Å². The maximum Gasteiger partial charge on any atom is 0.255 e. The lowest BCUT2D eigenvalue weighted by molar-refractivity contribution is -0.121. The molecule has 154 valence electrons. The van der Waals surface area contributed by atoms with Crippen LogP contribution in [0.1, 0.15) is 11.1 Å². The lowest BCUT2D eigenvalue weighted by Crippen LogP contribution is -2.40. The molecule has 2 aromatic carbocycles. The molecule has 0 bridgehead atoms. The molecule has 3 rings (SSSR count). The van der Waals surface area contributed by atoms with E-state index in [4.69, 9.17) is 0 Å². The normalized spacial score (nSPS) is 11.6. The number of benzene rings is 2. The third-order valence-electron chi connectivity index (χ3n) is 4.28. The second-order valence-electron chi connectivity index (χ2n) is 6.47. The summed E-state index contributed by atoms with van der Waals surface area (Å²) in [5.74, 6) is -0.525. The first kappa shape index (κ1) is 21.4. The van der Waals surface area contributed by atoms with Crippen LogP contribution >= 0.6 is 0 Å². The summed E-state index contributed by atoms with van der Waals surface area (Å²) >= 11 is 0. The summed E-state index contributed by atoms with van der Waals surface area (Å²) < 4.78 is 27.3. The summed E-state index contributed by atoms with van der Waals surface area (Å²) in [6, 6.07) is 21.2. The van der Waals surface area contributed by atoms with Crippen LogP contribution in [0, 0.1) is 0 Å². The van der Waals surface area contributed by atoms with Gasteiger partial charge in [0.15, 0.2) is 0 Å². The number of hydrogen-bond donors (Lipinski definition) is 1. The van der Waals surface area contributed by atoms with E-state index in [2.05, 4.69) is 15.5 Å². The smallest absolute Gasteiger partial charge is 0.255 e. The van der Waals surface area contributed by atoms with Crippen molar-refractivity contribution in [1.29, 1.82) is 0 Å². The number of carbonyl (C=O) groups excluding carboxylic acids is 1. The predicted molar refractivity (Wildman–Crippen MR) is 115 cm³/mol. The van der Waals surface area contributed by atoms with Crippen LogP contribution in [0.5, 0.6) is 0 Å². The molecule has 0 fully saturated rings. The second kappa shape index (κ2) is 10.4. The van der Waals surface area contributed by atoms with E-state index >= 15 is 0 Å². The van der Waals surface area contributed by atoms with Gasteiger partial charge in [0.05, 0.1) is 17.7 Å². The van der Waals surface area contributed by atoms with Crippen LogP contribution in [0.4, 0.5) is 0 Å². The molecule has 0 saturated heterocycles. The number of hydrogen-bond acceptors (Lipinski definition) is 5. The zero-order valence-corrected chi connectivity index (χ0v) is 17.1. The average Bonchev–Trinajstić information content (AvgIpc) is 2.78. The zero-order chi connectivity index (χ0) is 21.2. The molecule has 0 radical (unpaired) electrons. The van der Waals surface area contributed by atoms with E-state index in [1.54, 1.807) is 42.7 Å². The van der Waals surface area contributed by atoms with Crippen LogP contribution in [0.25, 0.3) is 0 Å². The molecule has 1 heterocycles. The Hall–Kier alpha value is -3.36. The van der Waals surface area contributed by atoms with E-state index in [1.165, 1.54) is 22.7 Å². The monoisotopic (exact) mass is 422 g/mol. The van der Waals surface area contributed by atoms with Crippen LogP contribution in [-0.2, 0) is 21.2 Å². The Labute approximate surface area is 176 Å². The first-order valence-corrected chi connectivity index (χ1v) is 10.8. The molecule has 0 saturated carbocycles. The van der Waals surface area contributed by atoms with Gasteiger partial charge in [-0.15, -0.1) is 0 Å². The second-order valence-corrected chi connectivity index (χ2v) is 8.40. The summed E-state index contributed by atoms with van der Waals surface area (Å²) in [6.07, 6.45) is 5.17. The number of nitrogens with zero attached hydrogens (tertiary/aromatic N) is 3. The molecular formula is C22H22N4O3S. The number of sulfonamides is 1. The van der Waals surface area contributed by atoms with Gasteiger partial charge in [0, 0.05) is 24.5 Å². The number of carbonyl (C=O) groups is 1. The molecule has 1 aromatic heterocycles. The van der Waals surface area contributed by atoms with Gasteiger partial charge in [0.25, 0.3) is 5.91 Å². The Morgan fingerprint density at radius 3 is 2.37 bits per heavy atom. The van der Waals surface area contributed by atoms with Crippen LogP contribution in [0.15, 0.2) is 95.2 Å². The lowest BCUT2D eigenvalue weighted by Gasteiger charge is -2.21. The van der Waals surface area contributed by atoms with Crippen molar-refractivity contribution >= 4 is 22.1 Å². The molecule has 0 aliphatic rings. The highest BCUT2D eigenvalue weighted by molar-refractivity contribution is 7.89. The average molecular weight is 423 g/mol. The maximum atomic E-state index is 13.1. The summed E-state index contributed by atoms with van der Waals surface area (Å²) in [4.78, 5) is 16.5. The van der Waals surface area contributed by atoms with Crippen LogP contribution in [-0.4, -0.2) is 42.9 Å². The molecule has 30 heavy (non-hydrogen) atoms. The molecule has 1 amide bonds. The van der Waals surface area contributed by atoms with E-state index in [0.29, 0.717) is 6.42 Å². The van der Waals surface area contributed by atoms with Crippen molar-refractivity contribution in [3.05, 3.63) is 96.3 Å². The Balaban J connectivity index is 1.71. The van der Waals surface area contributed by atoms with Gasteiger partial charge in [-0.05, 0) is 30.2 Å². The minimum Gasteiger partial charge on any atom is -0.272 e. The minimum atomic E-state index is -3.83. The molecule has 0 aliphatic carbocycles. The van der Waals surface area contributed by atoms with Crippen molar-refractivity contribution in [3.8, 4) is 0 Å². The molecule has 8 heteroatoms. The Bertz CT molecular complexity index is 1070. The van der Waals surface area contributed by atoms with E-state index in [-0.39, 0.29) is 18.0 Å². The summed E-state index contributed by atoms with van der Waals surface area (Å²) in [7, 11) is -3.83. The minimum absolute atomic E-state index is 0.143. The van der Waals surface area contributed by atoms with Crippen molar-refractivity contribution in [2.45, 2.75) is 11.3 Å². The maximum absolute atomic E-state index is 13.1. The van der Waals surface area contributed by atoms with Crippen molar-refractivity contribution in [3.63, 3.8) is 0 Å². The van der Waals surface area contributed by atoms with Crippen molar-refractivity contribution in [2.75, 3.05) is 13.1 Å². The van der Waals surface area contributed by atoms with Gasteiger partial charge in [0.2, 0.25) is 10.0 Å². The highest BCUT2D eigenvalue weighted by Gasteiger charge is 2.26. The van der Waals surface area contributed by atoms with Crippen LogP contribution in [0.3, 0.4) is 0 Å². The van der Waals surface area contributed by atoms with E-state index < -0.39 is 15.9 Å². The van der Waals surface area contributed by atoms with Crippen LogP contribution in [0.2, 0.25) is 0 Å². The highest BCUT2D eigenvalue weighted by atomic mass is 32.2. The number of amides is 1. The largest absolute Gasteiger partial charge is 0.272 e. The first-order chi connectivity index (χ1) is 14.6. The van der Waals surface area contributed by atoms with Gasteiger partial charge in [-0.25, -0.2) is 13.8 Å². The topological polar surface area (TPSA) is 91.7 Å². The SMILES string of the molecule is O=C(CN(CCc1ccccc1)S(=O)(=O)c1ccccc1)N/N=C/c1cccnc1. The first-order valence-electron chi connectivity index (χ1n) is 9.37. The fourth-order valence-electron chi connectivity index (χ4n) is 2.75. The van der Waals surface area contributed by atoms with Gasteiger partial charge in [-0.2, -0.15) is 9.41 Å².